The van der Waals surface area contributed by atoms with Crippen molar-refractivity contribution in [3.8, 4) is 0 Å². The lowest BCUT2D eigenvalue weighted by atomic mass is 9.80. The molecule has 0 radical (unpaired) electrons. The van der Waals surface area contributed by atoms with Crippen LogP contribution in [-0.4, -0.2) is 0 Å². The molecule has 0 spiro atoms. The van der Waals surface area contributed by atoms with Crippen LogP contribution in [0, 0.1) is 24.5 Å². The predicted molar refractivity (Wildman–Crippen MR) is 81.6 cm³/mol. The summed E-state index contributed by atoms with van der Waals surface area (Å²) < 4.78 is 27.4. The highest BCUT2D eigenvalue weighted by Gasteiger charge is 2.28. The number of aryl methyl sites for hydroxylation is 2. The van der Waals surface area contributed by atoms with Gasteiger partial charge in [-0.3, -0.25) is 0 Å². The van der Waals surface area contributed by atoms with E-state index in [2.05, 4.69) is 12.1 Å². The molecule has 0 amide bonds. The molecule has 1 aliphatic rings. The summed E-state index contributed by atoms with van der Waals surface area (Å²) in [4.78, 5) is 0. The van der Waals surface area contributed by atoms with Crippen LogP contribution in [0.4, 0.5) is 8.78 Å². The van der Waals surface area contributed by atoms with Gasteiger partial charge in [-0.1, -0.05) is 24.3 Å². The topological polar surface area (TPSA) is 0 Å². The Labute approximate surface area is 128 Å². The van der Waals surface area contributed by atoms with Crippen molar-refractivity contribution in [2.75, 3.05) is 0 Å². The van der Waals surface area contributed by atoms with E-state index in [0.29, 0.717) is 11.1 Å². The van der Waals surface area contributed by atoms with E-state index in [4.69, 9.17) is 11.6 Å². The fraction of sp³-hybridized carbons (Fsp3) is 0.333. The lowest BCUT2D eigenvalue weighted by Crippen LogP contribution is -2.19. The minimum absolute atomic E-state index is 0.181. The number of fused-ring (bicyclic) bond motifs is 1. The quantitative estimate of drug-likeness (QED) is 0.655. The molecule has 0 saturated carbocycles. The van der Waals surface area contributed by atoms with Crippen LogP contribution in [0.3, 0.4) is 0 Å². The summed E-state index contributed by atoms with van der Waals surface area (Å²) in [5.41, 5.74) is 3.50. The van der Waals surface area contributed by atoms with Crippen LogP contribution in [-0.2, 0) is 12.8 Å². The van der Waals surface area contributed by atoms with E-state index in [9.17, 15) is 8.78 Å². The van der Waals surface area contributed by atoms with Crippen LogP contribution in [0.15, 0.2) is 36.4 Å². The highest BCUT2D eigenvalue weighted by molar-refractivity contribution is 6.21. The van der Waals surface area contributed by atoms with Gasteiger partial charge in [-0.05, 0) is 54.9 Å². The van der Waals surface area contributed by atoms with Crippen molar-refractivity contribution in [3.63, 3.8) is 0 Å². The maximum atomic E-state index is 14.0. The van der Waals surface area contributed by atoms with Crippen molar-refractivity contribution in [2.45, 2.75) is 31.6 Å². The Morgan fingerprint density at radius 1 is 1.10 bits per heavy atom. The summed E-state index contributed by atoms with van der Waals surface area (Å²) >= 11 is 6.52. The number of hydrogen-bond acceptors (Lipinski definition) is 0. The second-order valence-electron chi connectivity index (χ2n) is 5.80. The van der Waals surface area contributed by atoms with Gasteiger partial charge in [0.1, 0.15) is 11.6 Å². The van der Waals surface area contributed by atoms with Crippen LogP contribution in [0.1, 0.15) is 34.1 Å². The standard InChI is InChI=1S/C18H17ClF2/c1-11-8-15(17(21)10-16(11)20)18(19)14-7-6-12-4-2-3-5-13(12)9-14/h2-5,8,10,14,18H,6-7,9H2,1H3. The van der Waals surface area contributed by atoms with E-state index in [-0.39, 0.29) is 5.92 Å². The van der Waals surface area contributed by atoms with Crippen molar-refractivity contribution in [1.29, 1.82) is 0 Å². The van der Waals surface area contributed by atoms with Crippen molar-refractivity contribution in [2.24, 2.45) is 5.92 Å². The maximum absolute atomic E-state index is 14.0. The van der Waals surface area contributed by atoms with E-state index >= 15 is 0 Å². The normalized spacial score (nSPS) is 19.1. The molecule has 3 rings (SSSR count). The highest BCUT2D eigenvalue weighted by Crippen LogP contribution is 2.39. The third kappa shape index (κ3) is 2.82. The van der Waals surface area contributed by atoms with Crippen molar-refractivity contribution >= 4 is 11.6 Å². The number of hydrogen-bond donors (Lipinski definition) is 0. The van der Waals surface area contributed by atoms with Gasteiger partial charge in [0.05, 0.1) is 5.38 Å². The van der Waals surface area contributed by atoms with E-state index in [1.807, 2.05) is 12.1 Å². The molecule has 0 bridgehead atoms. The molecule has 0 saturated heterocycles. The van der Waals surface area contributed by atoms with Crippen LogP contribution in [0.2, 0.25) is 0 Å². The minimum Gasteiger partial charge on any atom is -0.207 e. The first-order valence-corrected chi connectivity index (χ1v) is 7.66. The Bertz CT molecular complexity index is 666. The summed E-state index contributed by atoms with van der Waals surface area (Å²) in [7, 11) is 0. The molecule has 110 valence electrons. The van der Waals surface area contributed by atoms with E-state index in [1.54, 1.807) is 13.0 Å². The minimum atomic E-state index is -0.544. The van der Waals surface area contributed by atoms with Crippen LogP contribution < -0.4 is 0 Å². The first-order valence-electron chi connectivity index (χ1n) is 7.22. The molecule has 2 unspecified atom stereocenters. The van der Waals surface area contributed by atoms with Crippen molar-refractivity contribution in [1.82, 2.24) is 0 Å². The van der Waals surface area contributed by atoms with Gasteiger partial charge >= 0.3 is 0 Å². The number of benzene rings is 2. The van der Waals surface area contributed by atoms with E-state index in [1.165, 1.54) is 11.1 Å². The molecule has 2 aromatic rings. The summed E-state index contributed by atoms with van der Waals surface area (Å²) in [6.07, 6.45) is 2.74. The smallest absolute Gasteiger partial charge is 0.130 e. The molecule has 21 heavy (non-hydrogen) atoms. The zero-order valence-corrected chi connectivity index (χ0v) is 12.6. The number of rotatable bonds is 2. The van der Waals surface area contributed by atoms with E-state index in [0.717, 1.165) is 25.3 Å². The summed E-state index contributed by atoms with van der Waals surface area (Å²) in [5, 5.41) is -0.419. The van der Waals surface area contributed by atoms with Gasteiger partial charge in [-0.15, -0.1) is 11.6 Å². The van der Waals surface area contributed by atoms with Crippen molar-refractivity contribution in [3.05, 3.63) is 70.3 Å². The Morgan fingerprint density at radius 2 is 1.81 bits per heavy atom. The van der Waals surface area contributed by atoms with Gasteiger partial charge in [0.25, 0.3) is 0 Å². The second-order valence-corrected chi connectivity index (χ2v) is 6.27. The van der Waals surface area contributed by atoms with Gasteiger partial charge < -0.3 is 0 Å². The first-order chi connectivity index (χ1) is 10.1. The highest BCUT2D eigenvalue weighted by atomic mass is 35.5. The van der Waals surface area contributed by atoms with Crippen LogP contribution in [0.25, 0.3) is 0 Å². The SMILES string of the molecule is Cc1cc(C(Cl)C2CCc3ccccc3C2)c(F)cc1F. The zero-order chi connectivity index (χ0) is 15.0. The zero-order valence-electron chi connectivity index (χ0n) is 11.9. The fourth-order valence-electron chi connectivity index (χ4n) is 3.12. The number of alkyl halides is 1. The molecule has 1 aliphatic carbocycles. The fourth-order valence-corrected chi connectivity index (χ4v) is 3.50. The third-order valence-corrected chi connectivity index (χ3v) is 4.97. The van der Waals surface area contributed by atoms with Gasteiger partial charge in [0.15, 0.2) is 0 Å². The van der Waals surface area contributed by atoms with Crippen molar-refractivity contribution < 1.29 is 8.78 Å². The molecule has 2 aromatic carbocycles. The number of halogens is 3. The molecule has 0 fully saturated rings. The van der Waals surface area contributed by atoms with Gasteiger partial charge in [0, 0.05) is 11.6 Å². The maximum Gasteiger partial charge on any atom is 0.130 e. The Balaban J connectivity index is 1.87. The molecule has 0 N–H and O–H groups in total. The van der Waals surface area contributed by atoms with Gasteiger partial charge in [-0.25, -0.2) is 8.78 Å². The molecule has 3 heteroatoms. The molecular weight excluding hydrogens is 290 g/mol. The summed E-state index contributed by atoms with van der Waals surface area (Å²) in [6, 6.07) is 10.8. The van der Waals surface area contributed by atoms with Crippen LogP contribution in [0.5, 0.6) is 0 Å². The Morgan fingerprint density at radius 3 is 2.57 bits per heavy atom. The average molecular weight is 307 g/mol. The summed E-state index contributed by atoms with van der Waals surface area (Å²) in [6.45, 7) is 1.64. The lowest BCUT2D eigenvalue weighted by Gasteiger charge is -2.28. The Hall–Kier alpha value is -1.41. The molecule has 0 aliphatic heterocycles. The largest absolute Gasteiger partial charge is 0.207 e. The van der Waals surface area contributed by atoms with Gasteiger partial charge in [-0.2, -0.15) is 0 Å². The Kier molecular flexibility index (Phi) is 3.99. The third-order valence-electron chi connectivity index (χ3n) is 4.37. The molecule has 2 atom stereocenters. The monoisotopic (exact) mass is 306 g/mol. The predicted octanol–water partition coefficient (Wildman–Crippen LogP) is 5.36. The van der Waals surface area contributed by atoms with Gasteiger partial charge in [0.2, 0.25) is 0 Å². The van der Waals surface area contributed by atoms with E-state index < -0.39 is 17.0 Å². The molecule has 0 heterocycles. The molecule has 0 nitrogen and oxygen atoms in total. The van der Waals surface area contributed by atoms with Crippen LogP contribution >= 0.6 is 11.6 Å². The average Bonchev–Trinajstić information content (AvgIpc) is 2.50. The first kappa shape index (κ1) is 14.5. The molecular formula is C18H17ClF2. The molecule has 0 aromatic heterocycles. The summed E-state index contributed by atoms with van der Waals surface area (Å²) in [5.74, 6) is -0.882. The lowest BCUT2D eigenvalue weighted by molar-refractivity contribution is 0.432. The second kappa shape index (κ2) is 5.76.